The summed E-state index contributed by atoms with van der Waals surface area (Å²) in [6.45, 7) is 5.35. The molecule has 1 aliphatic heterocycles. The van der Waals surface area contributed by atoms with Crippen LogP contribution in [0.5, 0.6) is 0 Å². The molecule has 21 heavy (non-hydrogen) atoms. The predicted molar refractivity (Wildman–Crippen MR) is 87.2 cm³/mol. The average Bonchev–Trinajstić information content (AvgIpc) is 2.93. The van der Waals surface area contributed by atoms with Gasteiger partial charge >= 0.3 is 0 Å². The van der Waals surface area contributed by atoms with E-state index in [9.17, 15) is 0 Å². The first-order valence-corrected chi connectivity index (χ1v) is 7.84. The zero-order chi connectivity index (χ0) is 15.1. The number of hydrogen-bond acceptors (Lipinski definition) is 4. The molecule has 1 aliphatic rings. The van der Waals surface area contributed by atoms with E-state index in [1.165, 1.54) is 17.7 Å². The number of hydrogen-bond donors (Lipinski definition) is 1. The Kier molecular flexibility index (Phi) is 6.77. The number of nitrogens with zero attached hydrogens (tertiary/aromatic N) is 1. The molecule has 0 aliphatic carbocycles. The van der Waals surface area contributed by atoms with Gasteiger partial charge in [0.25, 0.3) is 0 Å². The summed E-state index contributed by atoms with van der Waals surface area (Å²) in [4.78, 5) is 2.44. The molecule has 1 aromatic carbocycles. The van der Waals surface area contributed by atoms with Gasteiger partial charge in [0.2, 0.25) is 0 Å². The van der Waals surface area contributed by atoms with Gasteiger partial charge in [-0.05, 0) is 30.2 Å². The monoisotopic (exact) mass is 312 g/mol. The Balaban J connectivity index is 2.01. The van der Waals surface area contributed by atoms with Crippen LogP contribution in [0.2, 0.25) is 5.02 Å². The summed E-state index contributed by atoms with van der Waals surface area (Å²) in [7, 11) is 3.49. The Morgan fingerprint density at radius 3 is 2.95 bits per heavy atom. The molecule has 1 fully saturated rings. The van der Waals surface area contributed by atoms with Crippen LogP contribution in [0, 0.1) is 5.92 Å². The third-order valence-electron chi connectivity index (χ3n) is 3.87. The topological polar surface area (TPSA) is 33.7 Å². The third kappa shape index (κ3) is 4.85. The van der Waals surface area contributed by atoms with Crippen molar-refractivity contribution in [3.05, 3.63) is 28.8 Å². The number of halogens is 1. The van der Waals surface area contributed by atoms with Gasteiger partial charge in [0.15, 0.2) is 0 Å². The van der Waals surface area contributed by atoms with Gasteiger partial charge < -0.3 is 19.7 Å². The standard InChI is InChI=1S/C16H25ClN2O2/c1-20-8-6-18-10-14-9-15(17)3-4-16(14)19-7-5-13(11-19)12-21-2/h3-4,9,13,18H,5-8,10-12H2,1-2H3. The van der Waals surface area contributed by atoms with E-state index in [0.717, 1.165) is 44.4 Å². The minimum Gasteiger partial charge on any atom is -0.384 e. The zero-order valence-corrected chi connectivity index (χ0v) is 13.7. The Morgan fingerprint density at radius 1 is 1.33 bits per heavy atom. The normalized spacial score (nSPS) is 18.4. The number of nitrogens with one attached hydrogen (secondary N) is 1. The molecule has 118 valence electrons. The van der Waals surface area contributed by atoms with Gasteiger partial charge in [0.1, 0.15) is 0 Å². The summed E-state index contributed by atoms with van der Waals surface area (Å²) in [6, 6.07) is 6.16. The zero-order valence-electron chi connectivity index (χ0n) is 12.9. The van der Waals surface area contributed by atoms with E-state index in [4.69, 9.17) is 21.1 Å². The molecule has 1 atom stereocenters. The van der Waals surface area contributed by atoms with Crippen LogP contribution in [0.15, 0.2) is 18.2 Å². The number of rotatable bonds is 8. The van der Waals surface area contributed by atoms with E-state index in [1.807, 2.05) is 6.07 Å². The molecule has 0 radical (unpaired) electrons. The highest BCUT2D eigenvalue weighted by Crippen LogP contribution is 2.29. The fraction of sp³-hybridized carbons (Fsp3) is 0.625. The lowest BCUT2D eigenvalue weighted by atomic mass is 10.1. The lowest BCUT2D eigenvalue weighted by Crippen LogP contribution is -2.24. The molecular formula is C16H25ClN2O2. The highest BCUT2D eigenvalue weighted by Gasteiger charge is 2.24. The predicted octanol–water partition coefficient (Wildman–Crippen LogP) is 2.55. The molecule has 1 unspecified atom stereocenters. The first-order valence-electron chi connectivity index (χ1n) is 7.46. The van der Waals surface area contributed by atoms with E-state index in [0.29, 0.717) is 5.92 Å². The lowest BCUT2D eigenvalue weighted by Gasteiger charge is -2.22. The van der Waals surface area contributed by atoms with Crippen LogP contribution in [0.25, 0.3) is 0 Å². The van der Waals surface area contributed by atoms with Crippen molar-refractivity contribution in [2.75, 3.05) is 52.0 Å². The van der Waals surface area contributed by atoms with Crippen molar-refractivity contribution in [2.24, 2.45) is 5.92 Å². The second kappa shape index (κ2) is 8.59. The smallest absolute Gasteiger partial charge is 0.0587 e. The number of benzene rings is 1. The quantitative estimate of drug-likeness (QED) is 0.748. The van der Waals surface area contributed by atoms with Crippen molar-refractivity contribution in [1.29, 1.82) is 0 Å². The fourth-order valence-electron chi connectivity index (χ4n) is 2.82. The molecule has 0 bridgehead atoms. The van der Waals surface area contributed by atoms with Crippen LogP contribution in [-0.2, 0) is 16.0 Å². The Labute approximate surface area is 132 Å². The molecule has 1 saturated heterocycles. The largest absolute Gasteiger partial charge is 0.384 e. The molecule has 0 saturated carbocycles. The van der Waals surface area contributed by atoms with Gasteiger partial charge in [-0.15, -0.1) is 0 Å². The van der Waals surface area contributed by atoms with E-state index in [-0.39, 0.29) is 0 Å². The van der Waals surface area contributed by atoms with E-state index in [2.05, 4.69) is 22.3 Å². The van der Waals surface area contributed by atoms with E-state index < -0.39 is 0 Å². The second-order valence-electron chi connectivity index (χ2n) is 5.50. The Hall–Kier alpha value is -0.810. The molecule has 4 nitrogen and oxygen atoms in total. The maximum absolute atomic E-state index is 6.15. The van der Waals surface area contributed by atoms with Crippen molar-refractivity contribution < 1.29 is 9.47 Å². The molecule has 0 aromatic heterocycles. The van der Waals surface area contributed by atoms with Gasteiger partial charge in [-0.25, -0.2) is 0 Å². The average molecular weight is 313 g/mol. The van der Waals surface area contributed by atoms with Crippen LogP contribution in [-0.4, -0.2) is 47.1 Å². The minimum atomic E-state index is 0.625. The van der Waals surface area contributed by atoms with Gasteiger partial charge in [0.05, 0.1) is 13.2 Å². The second-order valence-corrected chi connectivity index (χ2v) is 5.94. The van der Waals surface area contributed by atoms with Crippen LogP contribution < -0.4 is 10.2 Å². The molecule has 5 heteroatoms. The Bertz CT molecular complexity index is 442. The molecule has 1 heterocycles. The number of ether oxygens (including phenoxy) is 2. The van der Waals surface area contributed by atoms with Gasteiger partial charge in [-0.1, -0.05) is 11.6 Å². The van der Waals surface area contributed by atoms with Gasteiger partial charge in [0, 0.05) is 57.0 Å². The number of methoxy groups -OCH3 is 2. The molecule has 1 N–H and O–H groups in total. The van der Waals surface area contributed by atoms with Crippen molar-refractivity contribution in [2.45, 2.75) is 13.0 Å². The van der Waals surface area contributed by atoms with Crippen molar-refractivity contribution >= 4 is 17.3 Å². The van der Waals surface area contributed by atoms with Crippen molar-refractivity contribution in [3.8, 4) is 0 Å². The van der Waals surface area contributed by atoms with E-state index >= 15 is 0 Å². The van der Waals surface area contributed by atoms with E-state index in [1.54, 1.807) is 14.2 Å². The summed E-state index contributed by atoms with van der Waals surface area (Å²) in [6.07, 6.45) is 1.19. The molecule has 1 aromatic rings. The summed E-state index contributed by atoms with van der Waals surface area (Å²) in [5.41, 5.74) is 2.53. The molecule has 0 spiro atoms. The summed E-state index contributed by atoms with van der Waals surface area (Å²) in [5, 5.41) is 4.18. The van der Waals surface area contributed by atoms with Crippen molar-refractivity contribution in [1.82, 2.24) is 5.32 Å². The fourth-order valence-corrected chi connectivity index (χ4v) is 3.02. The van der Waals surface area contributed by atoms with Crippen LogP contribution in [0.3, 0.4) is 0 Å². The van der Waals surface area contributed by atoms with Crippen LogP contribution in [0.1, 0.15) is 12.0 Å². The van der Waals surface area contributed by atoms with Crippen LogP contribution >= 0.6 is 11.6 Å². The van der Waals surface area contributed by atoms with Gasteiger partial charge in [-0.3, -0.25) is 0 Å². The SMILES string of the molecule is COCCNCc1cc(Cl)ccc1N1CCC(COC)C1. The maximum atomic E-state index is 6.15. The van der Waals surface area contributed by atoms with Crippen molar-refractivity contribution in [3.63, 3.8) is 0 Å². The first kappa shape index (κ1) is 16.6. The Morgan fingerprint density at radius 2 is 2.19 bits per heavy atom. The number of anilines is 1. The van der Waals surface area contributed by atoms with Crippen LogP contribution in [0.4, 0.5) is 5.69 Å². The summed E-state index contributed by atoms with van der Waals surface area (Å²) >= 11 is 6.15. The maximum Gasteiger partial charge on any atom is 0.0587 e. The molecule has 2 rings (SSSR count). The highest BCUT2D eigenvalue weighted by molar-refractivity contribution is 6.30. The lowest BCUT2D eigenvalue weighted by molar-refractivity contribution is 0.161. The third-order valence-corrected chi connectivity index (χ3v) is 4.10. The molecular weight excluding hydrogens is 288 g/mol. The highest BCUT2D eigenvalue weighted by atomic mass is 35.5. The summed E-state index contributed by atoms with van der Waals surface area (Å²) < 4.78 is 10.3. The molecule has 0 amide bonds. The first-order chi connectivity index (χ1) is 10.2. The summed E-state index contributed by atoms with van der Waals surface area (Å²) in [5.74, 6) is 0.625. The minimum absolute atomic E-state index is 0.625. The van der Waals surface area contributed by atoms with Gasteiger partial charge in [-0.2, -0.15) is 0 Å².